The molecule has 15 atom stereocenters. The van der Waals surface area contributed by atoms with Crippen molar-refractivity contribution in [2.45, 2.75) is 97.2 Å². The number of rotatable bonds is 9. The Balaban J connectivity index is 1.81. The fourth-order valence-corrected chi connectivity index (χ4v) is 4.80. The second kappa shape index (κ2) is 12.6. The van der Waals surface area contributed by atoms with Gasteiger partial charge in [-0.15, -0.1) is 0 Å². The Bertz CT molecular complexity index is 796. The number of hydrogen-bond acceptors (Lipinski definition) is 19. The zero-order valence-corrected chi connectivity index (χ0v) is 20.6. The van der Waals surface area contributed by atoms with Crippen LogP contribution in [-0.2, 0) is 23.7 Å². The van der Waals surface area contributed by atoms with Gasteiger partial charge in [-0.05, 0) is 0 Å². The lowest BCUT2D eigenvalue weighted by Gasteiger charge is -2.53. The van der Waals surface area contributed by atoms with Gasteiger partial charge in [0.25, 0.3) is 0 Å². The number of aliphatic hydroxyl groups is 11. The summed E-state index contributed by atoms with van der Waals surface area (Å²) in [5, 5.41) is 111. The Morgan fingerprint density at radius 2 is 1.18 bits per heavy atom. The smallest absolute Gasteiger partial charge is 0.221 e. The highest BCUT2D eigenvalue weighted by Crippen LogP contribution is 2.38. The molecular formula is C20H39N3O16. The van der Waals surface area contributed by atoms with Gasteiger partial charge in [0, 0.05) is 0 Å². The molecule has 3 heterocycles. The Morgan fingerprint density at radius 1 is 0.692 bits per heavy atom. The van der Waals surface area contributed by atoms with Gasteiger partial charge in [-0.3, -0.25) is 0 Å². The molecule has 0 aromatic carbocycles. The molecule has 0 spiro atoms. The first-order valence-corrected chi connectivity index (χ1v) is 12.1. The highest BCUT2D eigenvalue weighted by Gasteiger charge is 2.64. The van der Waals surface area contributed by atoms with Gasteiger partial charge in [-0.25, -0.2) is 0 Å². The molecule has 0 aliphatic carbocycles. The van der Waals surface area contributed by atoms with Crippen LogP contribution in [0.3, 0.4) is 0 Å². The SMILES string of the molecule is N[C@H]1[C@@H](OC2[C@@H](CO)O[C@@H](OC3[C@@H](CO)O[C@@H](O)[C@H](N)[C@H]3O)[C@H](N)[C@H]2O)O[C@@](CO)(C(O)(O)CO)[C@@H](O)[C@@H]1O. The van der Waals surface area contributed by atoms with Gasteiger partial charge < -0.3 is 97.1 Å². The fourth-order valence-electron chi connectivity index (χ4n) is 4.80. The van der Waals surface area contributed by atoms with Gasteiger partial charge in [-0.1, -0.05) is 0 Å². The predicted molar refractivity (Wildman–Crippen MR) is 120 cm³/mol. The van der Waals surface area contributed by atoms with E-state index in [1.807, 2.05) is 0 Å². The van der Waals surface area contributed by atoms with Crippen molar-refractivity contribution in [2.24, 2.45) is 17.2 Å². The zero-order chi connectivity index (χ0) is 29.4. The molecule has 39 heavy (non-hydrogen) atoms. The average Bonchev–Trinajstić information content (AvgIpc) is 2.92. The number of hydrogen-bond donors (Lipinski definition) is 14. The summed E-state index contributed by atoms with van der Waals surface area (Å²) >= 11 is 0. The largest absolute Gasteiger partial charge is 0.394 e. The highest BCUT2D eigenvalue weighted by molar-refractivity contribution is 5.08. The molecule has 0 amide bonds. The number of aliphatic hydroxyl groups excluding tert-OH is 9. The minimum absolute atomic E-state index is 0.714. The van der Waals surface area contributed by atoms with Crippen LogP contribution in [0.4, 0.5) is 0 Å². The van der Waals surface area contributed by atoms with Crippen molar-refractivity contribution in [2.75, 3.05) is 26.4 Å². The lowest BCUT2D eigenvalue weighted by molar-refractivity contribution is -0.412. The van der Waals surface area contributed by atoms with E-state index in [4.69, 9.17) is 40.9 Å². The van der Waals surface area contributed by atoms with Crippen molar-refractivity contribution in [3.8, 4) is 0 Å². The van der Waals surface area contributed by atoms with Crippen LogP contribution >= 0.6 is 0 Å². The Hall–Kier alpha value is -0.760. The Morgan fingerprint density at radius 3 is 1.69 bits per heavy atom. The molecule has 3 aliphatic heterocycles. The molecule has 3 fully saturated rings. The van der Waals surface area contributed by atoms with Crippen molar-refractivity contribution in [3.05, 3.63) is 0 Å². The maximum absolute atomic E-state index is 10.9. The number of ether oxygens (including phenoxy) is 5. The van der Waals surface area contributed by atoms with E-state index < -0.39 is 124 Å². The maximum atomic E-state index is 10.9. The topological polar surface area (TPSA) is 347 Å². The van der Waals surface area contributed by atoms with Crippen LogP contribution in [0.2, 0.25) is 0 Å². The summed E-state index contributed by atoms with van der Waals surface area (Å²) in [5.74, 6) is -3.31. The summed E-state index contributed by atoms with van der Waals surface area (Å²) in [6, 6.07) is -4.45. The van der Waals surface area contributed by atoms with Crippen LogP contribution < -0.4 is 17.2 Å². The van der Waals surface area contributed by atoms with Gasteiger partial charge in [-0.2, -0.15) is 0 Å². The van der Waals surface area contributed by atoms with E-state index in [9.17, 15) is 56.2 Å². The van der Waals surface area contributed by atoms with E-state index in [2.05, 4.69) is 0 Å². The van der Waals surface area contributed by atoms with Gasteiger partial charge in [0.2, 0.25) is 5.79 Å². The lowest BCUT2D eigenvalue weighted by atomic mass is 9.80. The van der Waals surface area contributed by atoms with Crippen LogP contribution in [-0.4, -0.2) is 180 Å². The molecule has 230 valence electrons. The predicted octanol–water partition coefficient (Wildman–Crippen LogP) is -9.63. The molecular weight excluding hydrogens is 538 g/mol. The third kappa shape index (κ3) is 5.81. The van der Waals surface area contributed by atoms with Crippen molar-refractivity contribution >= 4 is 0 Å². The molecule has 0 radical (unpaired) electrons. The monoisotopic (exact) mass is 577 g/mol. The quantitative estimate of drug-likeness (QED) is 0.113. The molecule has 19 nitrogen and oxygen atoms in total. The molecule has 3 rings (SSSR count). The minimum Gasteiger partial charge on any atom is -0.394 e. The maximum Gasteiger partial charge on any atom is 0.221 e. The normalized spacial score (nSPS) is 49.7. The molecule has 17 N–H and O–H groups in total. The van der Waals surface area contributed by atoms with Crippen LogP contribution in [0.15, 0.2) is 0 Å². The highest BCUT2D eigenvalue weighted by atomic mass is 16.8. The summed E-state index contributed by atoms with van der Waals surface area (Å²) in [6.45, 7) is -4.36. The van der Waals surface area contributed by atoms with Gasteiger partial charge in [0.15, 0.2) is 24.5 Å². The van der Waals surface area contributed by atoms with Crippen LogP contribution in [0.25, 0.3) is 0 Å². The summed E-state index contributed by atoms with van der Waals surface area (Å²) in [4.78, 5) is 0. The van der Waals surface area contributed by atoms with Crippen molar-refractivity contribution in [1.82, 2.24) is 0 Å². The van der Waals surface area contributed by atoms with Crippen molar-refractivity contribution in [3.63, 3.8) is 0 Å². The van der Waals surface area contributed by atoms with E-state index in [0.29, 0.717) is 0 Å². The van der Waals surface area contributed by atoms with E-state index in [0.717, 1.165) is 0 Å². The van der Waals surface area contributed by atoms with Gasteiger partial charge >= 0.3 is 0 Å². The second-order valence-electron chi connectivity index (χ2n) is 9.83. The van der Waals surface area contributed by atoms with E-state index in [1.165, 1.54) is 0 Å². The van der Waals surface area contributed by atoms with E-state index in [1.54, 1.807) is 0 Å². The first-order valence-electron chi connectivity index (χ1n) is 12.1. The van der Waals surface area contributed by atoms with Gasteiger partial charge in [0.1, 0.15) is 55.4 Å². The minimum atomic E-state index is -3.31. The Kier molecular flexibility index (Phi) is 10.6. The first-order chi connectivity index (χ1) is 18.2. The molecule has 0 saturated carbocycles. The number of nitrogens with two attached hydrogens (primary N) is 3. The molecule has 0 aromatic rings. The average molecular weight is 578 g/mol. The molecule has 3 saturated heterocycles. The molecule has 2 unspecified atom stereocenters. The first kappa shape index (κ1) is 32.8. The molecule has 19 heteroatoms. The lowest BCUT2D eigenvalue weighted by Crippen LogP contribution is -2.77. The zero-order valence-electron chi connectivity index (χ0n) is 20.6. The third-order valence-corrected chi connectivity index (χ3v) is 7.37. The van der Waals surface area contributed by atoms with Gasteiger partial charge in [0.05, 0.1) is 37.9 Å². The van der Waals surface area contributed by atoms with Crippen molar-refractivity contribution < 1.29 is 79.9 Å². The molecule has 3 aliphatic rings. The van der Waals surface area contributed by atoms with E-state index in [-0.39, 0.29) is 0 Å². The third-order valence-electron chi connectivity index (χ3n) is 7.37. The second-order valence-corrected chi connectivity index (χ2v) is 9.83. The van der Waals surface area contributed by atoms with E-state index >= 15 is 0 Å². The standard InChI is InChI=1S/C20H39N3O16/c21-7-10(28)13(5(1-24)35-16(7)32)37-17-8(22)11(29)14(6(2-25)36-17)38-18-9(23)12(30)15(31)19(3-26,39-18)20(33,34)4-27/h5-18,24-34H,1-4,21-23H2/t5-,6-,7-,8-,9-,10-,11-,12-,13?,14?,15+,16-,17+,18+,19-/m1/s1. The summed E-state index contributed by atoms with van der Waals surface area (Å²) in [6.07, 6.45) is -18.4. The summed E-state index contributed by atoms with van der Waals surface area (Å²) in [5.41, 5.74) is 14.8. The summed E-state index contributed by atoms with van der Waals surface area (Å²) in [7, 11) is 0. The molecule has 0 bridgehead atoms. The van der Waals surface area contributed by atoms with Crippen LogP contribution in [0.1, 0.15) is 0 Å². The van der Waals surface area contributed by atoms with Crippen LogP contribution in [0.5, 0.6) is 0 Å². The molecule has 0 aromatic heterocycles. The Labute approximate surface area is 221 Å². The summed E-state index contributed by atoms with van der Waals surface area (Å²) < 4.78 is 27.3. The van der Waals surface area contributed by atoms with Crippen LogP contribution in [0, 0.1) is 0 Å². The van der Waals surface area contributed by atoms with Crippen molar-refractivity contribution in [1.29, 1.82) is 0 Å². The fraction of sp³-hybridized carbons (Fsp3) is 1.00.